The molecular weight excluding hydrogens is 305 g/mol. The zero-order valence-corrected chi connectivity index (χ0v) is 14.0. The predicted molar refractivity (Wildman–Crippen MR) is 94.7 cm³/mol. The van der Waals surface area contributed by atoms with E-state index in [0.717, 1.165) is 37.1 Å². The molecule has 2 aromatic rings. The third-order valence-corrected chi connectivity index (χ3v) is 3.72. The third-order valence-electron chi connectivity index (χ3n) is 3.72. The van der Waals surface area contributed by atoms with E-state index in [1.165, 1.54) is 12.1 Å². The first-order valence-corrected chi connectivity index (χ1v) is 8.41. The Hall–Kier alpha value is -2.43. The fourth-order valence-corrected chi connectivity index (χ4v) is 2.30. The molecule has 0 unspecified atom stereocenters. The minimum Gasteiger partial charge on any atom is -0.370 e. The highest BCUT2D eigenvalue weighted by Crippen LogP contribution is 2.07. The molecule has 1 aromatic heterocycles. The number of nitrogens with one attached hydrogen (secondary N) is 2. The van der Waals surface area contributed by atoms with Gasteiger partial charge >= 0.3 is 0 Å². The van der Waals surface area contributed by atoms with Crippen molar-refractivity contribution >= 4 is 11.7 Å². The molecule has 5 heteroatoms. The summed E-state index contributed by atoms with van der Waals surface area (Å²) < 4.78 is 12.8. The first-order chi connectivity index (χ1) is 11.7. The zero-order chi connectivity index (χ0) is 17.2. The van der Waals surface area contributed by atoms with Gasteiger partial charge in [0.05, 0.1) is 5.56 Å². The van der Waals surface area contributed by atoms with E-state index in [-0.39, 0.29) is 11.7 Å². The summed E-state index contributed by atoms with van der Waals surface area (Å²) in [6.45, 7) is 3.53. The molecule has 0 aliphatic rings. The molecule has 0 saturated heterocycles. The van der Waals surface area contributed by atoms with E-state index in [0.29, 0.717) is 18.7 Å². The highest BCUT2D eigenvalue weighted by atomic mass is 19.1. The Labute approximate surface area is 142 Å². The van der Waals surface area contributed by atoms with E-state index in [4.69, 9.17) is 0 Å². The van der Waals surface area contributed by atoms with E-state index >= 15 is 0 Å². The van der Waals surface area contributed by atoms with Crippen molar-refractivity contribution in [2.24, 2.45) is 0 Å². The number of aromatic nitrogens is 1. The van der Waals surface area contributed by atoms with E-state index in [9.17, 15) is 9.18 Å². The number of unbranched alkanes of at least 4 members (excludes halogenated alkanes) is 2. The molecular formula is C19H24FN3O. The maximum absolute atomic E-state index is 12.8. The van der Waals surface area contributed by atoms with Crippen molar-refractivity contribution < 1.29 is 9.18 Å². The number of amides is 1. The van der Waals surface area contributed by atoms with Crippen LogP contribution in [-0.2, 0) is 6.42 Å². The Bertz CT molecular complexity index is 626. The lowest BCUT2D eigenvalue weighted by Gasteiger charge is -2.07. The van der Waals surface area contributed by atoms with Crippen LogP contribution in [0.2, 0.25) is 0 Å². The molecule has 0 spiro atoms. The Morgan fingerprint density at radius 3 is 2.54 bits per heavy atom. The van der Waals surface area contributed by atoms with Gasteiger partial charge in [0.2, 0.25) is 0 Å². The van der Waals surface area contributed by atoms with Gasteiger partial charge in [-0.25, -0.2) is 9.37 Å². The minimum atomic E-state index is -0.225. The van der Waals surface area contributed by atoms with Crippen molar-refractivity contribution in [1.82, 2.24) is 10.3 Å². The van der Waals surface area contributed by atoms with Crippen molar-refractivity contribution in [2.45, 2.75) is 32.6 Å². The molecule has 1 aromatic carbocycles. The van der Waals surface area contributed by atoms with Gasteiger partial charge in [0.1, 0.15) is 11.6 Å². The van der Waals surface area contributed by atoms with Crippen LogP contribution in [0.3, 0.4) is 0 Å². The molecule has 0 aliphatic heterocycles. The number of carbonyl (C=O) groups excluding carboxylic acids is 1. The van der Waals surface area contributed by atoms with E-state index in [2.05, 4.69) is 22.5 Å². The molecule has 4 nitrogen and oxygen atoms in total. The van der Waals surface area contributed by atoms with Crippen molar-refractivity contribution in [3.05, 3.63) is 59.5 Å². The van der Waals surface area contributed by atoms with Gasteiger partial charge in [-0.05, 0) is 42.7 Å². The van der Waals surface area contributed by atoms with Gasteiger partial charge in [-0.15, -0.1) is 0 Å². The summed E-state index contributed by atoms with van der Waals surface area (Å²) in [7, 11) is 0. The Morgan fingerprint density at radius 2 is 1.88 bits per heavy atom. The average Bonchev–Trinajstić information content (AvgIpc) is 2.61. The van der Waals surface area contributed by atoms with Crippen LogP contribution in [0.15, 0.2) is 42.6 Å². The van der Waals surface area contributed by atoms with Gasteiger partial charge in [0.15, 0.2) is 0 Å². The topological polar surface area (TPSA) is 54.0 Å². The number of anilines is 1. The van der Waals surface area contributed by atoms with Crippen molar-refractivity contribution in [3.8, 4) is 0 Å². The van der Waals surface area contributed by atoms with Gasteiger partial charge in [0.25, 0.3) is 5.91 Å². The van der Waals surface area contributed by atoms with Crippen molar-refractivity contribution in [1.29, 1.82) is 0 Å². The van der Waals surface area contributed by atoms with Gasteiger partial charge < -0.3 is 10.6 Å². The molecule has 0 aliphatic carbocycles. The number of halogens is 1. The molecule has 0 saturated carbocycles. The minimum absolute atomic E-state index is 0.0866. The molecule has 1 amide bonds. The maximum Gasteiger partial charge on any atom is 0.252 e. The summed E-state index contributed by atoms with van der Waals surface area (Å²) in [4.78, 5) is 16.2. The van der Waals surface area contributed by atoms with Crippen molar-refractivity contribution in [2.75, 3.05) is 18.4 Å². The molecule has 0 atom stereocenters. The summed E-state index contributed by atoms with van der Waals surface area (Å²) in [5, 5.41) is 6.09. The summed E-state index contributed by atoms with van der Waals surface area (Å²) in [6, 6.07) is 10.0. The lowest BCUT2D eigenvalue weighted by atomic mass is 10.1. The summed E-state index contributed by atoms with van der Waals surface area (Å²) in [5.74, 6) is 0.410. The van der Waals surface area contributed by atoms with Crippen LogP contribution in [0, 0.1) is 5.82 Å². The second kappa shape index (κ2) is 9.65. The Morgan fingerprint density at radius 1 is 1.08 bits per heavy atom. The molecule has 2 N–H and O–H groups in total. The van der Waals surface area contributed by atoms with Gasteiger partial charge in [-0.1, -0.05) is 31.9 Å². The summed E-state index contributed by atoms with van der Waals surface area (Å²) >= 11 is 0. The number of pyridine rings is 1. The quantitative estimate of drug-likeness (QED) is 0.688. The maximum atomic E-state index is 12.8. The molecule has 1 heterocycles. The molecule has 0 bridgehead atoms. The van der Waals surface area contributed by atoms with E-state index in [1.54, 1.807) is 30.5 Å². The highest BCUT2D eigenvalue weighted by molar-refractivity contribution is 5.94. The summed E-state index contributed by atoms with van der Waals surface area (Å²) in [5.41, 5.74) is 1.63. The largest absolute Gasteiger partial charge is 0.370 e. The van der Waals surface area contributed by atoms with Crippen LogP contribution in [0.1, 0.15) is 42.1 Å². The lowest BCUT2D eigenvalue weighted by Crippen LogP contribution is -2.24. The SMILES string of the molecule is CCCCCNC(=O)c1ccc(NCCc2ccc(F)cc2)nc1. The number of hydrogen-bond acceptors (Lipinski definition) is 3. The number of rotatable bonds is 9. The third kappa shape index (κ3) is 5.99. The monoisotopic (exact) mass is 329 g/mol. The van der Waals surface area contributed by atoms with Crippen LogP contribution < -0.4 is 10.6 Å². The van der Waals surface area contributed by atoms with Crippen LogP contribution in [0.4, 0.5) is 10.2 Å². The van der Waals surface area contributed by atoms with Gasteiger partial charge in [0, 0.05) is 19.3 Å². The number of benzene rings is 1. The smallest absolute Gasteiger partial charge is 0.252 e. The van der Waals surface area contributed by atoms with E-state index < -0.39 is 0 Å². The second-order valence-electron chi connectivity index (χ2n) is 5.70. The fourth-order valence-electron chi connectivity index (χ4n) is 2.30. The average molecular weight is 329 g/mol. The number of hydrogen-bond donors (Lipinski definition) is 2. The van der Waals surface area contributed by atoms with Crippen molar-refractivity contribution in [3.63, 3.8) is 0 Å². The van der Waals surface area contributed by atoms with E-state index in [1.807, 2.05) is 0 Å². The van der Waals surface area contributed by atoms with Crippen LogP contribution >= 0.6 is 0 Å². The van der Waals surface area contributed by atoms with Gasteiger partial charge in [-0.2, -0.15) is 0 Å². The summed E-state index contributed by atoms with van der Waals surface area (Å²) in [6.07, 6.45) is 5.61. The molecule has 128 valence electrons. The number of carbonyl (C=O) groups is 1. The Kier molecular flexibility index (Phi) is 7.21. The zero-order valence-electron chi connectivity index (χ0n) is 14.0. The molecule has 2 rings (SSSR count). The van der Waals surface area contributed by atoms with Crippen LogP contribution in [-0.4, -0.2) is 24.0 Å². The lowest BCUT2D eigenvalue weighted by molar-refractivity contribution is 0.0952. The number of nitrogens with zero attached hydrogens (tertiary/aromatic N) is 1. The fraction of sp³-hybridized carbons (Fsp3) is 0.368. The van der Waals surface area contributed by atoms with Crippen LogP contribution in [0.25, 0.3) is 0 Å². The molecule has 24 heavy (non-hydrogen) atoms. The normalized spacial score (nSPS) is 10.4. The predicted octanol–water partition coefficient (Wildman–Crippen LogP) is 3.80. The first kappa shape index (κ1) is 17.9. The molecule has 0 radical (unpaired) electrons. The van der Waals surface area contributed by atoms with Crippen LogP contribution in [0.5, 0.6) is 0 Å². The Balaban J connectivity index is 1.75. The van der Waals surface area contributed by atoms with Gasteiger partial charge in [-0.3, -0.25) is 4.79 Å². The second-order valence-corrected chi connectivity index (χ2v) is 5.70. The first-order valence-electron chi connectivity index (χ1n) is 8.41. The standard InChI is InChI=1S/C19H24FN3O/c1-2-3-4-12-22-19(24)16-7-10-18(23-14-16)21-13-11-15-5-8-17(20)9-6-15/h5-10,14H,2-4,11-13H2,1H3,(H,21,23)(H,22,24). The molecule has 0 fully saturated rings. The highest BCUT2D eigenvalue weighted by Gasteiger charge is 2.05.